The van der Waals surface area contributed by atoms with E-state index >= 15 is 4.79 Å². The van der Waals surface area contributed by atoms with Gasteiger partial charge in [0.1, 0.15) is 23.0 Å². The van der Waals surface area contributed by atoms with Crippen molar-refractivity contribution in [2.45, 2.75) is 188 Å². The van der Waals surface area contributed by atoms with Crippen LogP contribution >= 0.6 is 0 Å². The standard InChI is InChI=1S/C86H88O11S3/c1-98(92,93)73-15-9-67(10-16-73)81-36-51-21-52(37-81)43-84(42-51,48-81)70-30-61-26-59-24-58(76(87)57-7-5-4-6-8-57)25-60(77(59)88)27-62-31-71(85-44-53-22-54(45-85)39-82(38-53,49-85)68-11-17-74(18-12-68)99(2,94)95)33-64(79(62)90)29-66-35-72(34-65(80(66)91)28-63(32-70)78(61)89)86-46-55-23-56(47-86)41-83(40-55,50-86)69-13-19-75(20-14-69)100(3,96)97/h4-20,24-25,30-35,51-56,88-91H,21-23,26-29,36-50H2,1-3H3/t51-,52+,53-,54+,55-,56+,81?,82?,83?,84?,85?,86?. The van der Waals surface area contributed by atoms with Gasteiger partial charge < -0.3 is 20.4 Å². The quantitative estimate of drug-likeness (QED) is 0.0898. The van der Waals surface area contributed by atoms with Crippen molar-refractivity contribution >= 4 is 35.3 Å². The molecule has 14 heteroatoms. The Balaban J connectivity index is 0.831. The zero-order valence-corrected chi connectivity index (χ0v) is 59.8. The number of phenolic OH excluding ortho intramolecular Hbond substituents is 4. The molecule has 12 atom stereocenters. The molecule has 11 nitrogen and oxygen atoms in total. The van der Waals surface area contributed by atoms with Gasteiger partial charge in [-0.3, -0.25) is 4.79 Å². The molecule has 0 radical (unpaired) electrons. The fourth-order valence-corrected chi connectivity index (χ4v) is 26.6. The predicted octanol–water partition coefficient (Wildman–Crippen LogP) is 16.0. The van der Waals surface area contributed by atoms with Crippen LogP contribution < -0.4 is 0 Å². The Labute approximate surface area is 588 Å². The zero-order valence-electron chi connectivity index (χ0n) is 57.3. The van der Waals surface area contributed by atoms with Gasteiger partial charge in [-0.2, -0.15) is 0 Å². The third-order valence-corrected chi connectivity index (χ3v) is 31.0. The predicted molar refractivity (Wildman–Crippen MR) is 386 cm³/mol. The SMILES string of the molecule is CS(=O)(=O)c1ccc(C23C[C@H]4C[C@@H](C2)CC(c2cc5c(O)c(c2)Cc2cc(C67C[C@@H]8C[C@@H](CC(c9ccc(S(C)(=O)=O)cc9)(C8)C6)C7)cc(c2O)Cc2cc(C67C[C@@H]8C[C@@H](CC(c9ccc(S(C)(=O)=O)cc9)(C8)C6)C7)cc(c2O)Cc2cc(C(=O)c6ccccc6)cc(c2O)C5)(C4)C3)cc1. The fourth-order valence-electron chi connectivity index (χ4n) is 24.7. The van der Waals surface area contributed by atoms with Gasteiger partial charge in [-0.1, -0.05) is 103 Å². The van der Waals surface area contributed by atoms with Crippen molar-refractivity contribution in [3.63, 3.8) is 0 Å². The number of hydrogen-bond acceptors (Lipinski definition) is 11. The largest absolute Gasteiger partial charge is 0.507 e. The van der Waals surface area contributed by atoms with E-state index in [1.807, 2.05) is 42.5 Å². The molecular weight excluding hydrogens is 1310 g/mol. The van der Waals surface area contributed by atoms with Crippen molar-refractivity contribution in [3.8, 4) is 23.0 Å². The lowest BCUT2D eigenvalue weighted by atomic mass is 9.41. The summed E-state index contributed by atoms with van der Waals surface area (Å²) in [7, 11) is -10.3. The molecular formula is C86H88O11S3. The third-order valence-electron chi connectivity index (χ3n) is 27.6. The smallest absolute Gasteiger partial charge is 0.193 e. The molecule has 12 saturated carbocycles. The second-order valence-corrected chi connectivity index (χ2v) is 40.5. The lowest BCUT2D eigenvalue weighted by molar-refractivity contribution is -0.0283. The normalized spacial score (nSPS) is 31.4. The van der Waals surface area contributed by atoms with Gasteiger partial charge in [0.2, 0.25) is 0 Å². The van der Waals surface area contributed by atoms with Crippen molar-refractivity contribution in [2.75, 3.05) is 18.8 Å². The molecule has 0 spiro atoms. The summed E-state index contributed by atoms with van der Waals surface area (Å²) in [5.74, 6) is 2.53. The van der Waals surface area contributed by atoms with Crippen molar-refractivity contribution < 1.29 is 50.5 Å². The average molecular weight is 1390 g/mol. The topological polar surface area (TPSA) is 200 Å². The second-order valence-electron chi connectivity index (χ2n) is 34.4. The maximum atomic E-state index is 15.0. The van der Waals surface area contributed by atoms with E-state index in [1.165, 1.54) is 24.3 Å². The minimum atomic E-state index is -3.42. The average Bonchev–Trinajstić information content (AvgIpc) is 0.714. The first kappa shape index (κ1) is 64.6. The molecule has 0 aliphatic heterocycles. The summed E-state index contributed by atoms with van der Waals surface area (Å²) in [5, 5.41) is 53.4. The van der Waals surface area contributed by atoms with Crippen molar-refractivity contribution in [1.29, 1.82) is 0 Å². The summed E-state index contributed by atoms with van der Waals surface area (Å²) >= 11 is 0. The molecule has 13 aliphatic carbocycles. The highest BCUT2D eigenvalue weighted by atomic mass is 32.2. The van der Waals surface area contributed by atoms with Gasteiger partial charge in [0.25, 0.3) is 0 Å². The lowest BCUT2D eigenvalue weighted by Gasteiger charge is -2.63. The first-order valence-corrected chi connectivity index (χ1v) is 42.1. The molecule has 516 valence electrons. The maximum Gasteiger partial charge on any atom is 0.193 e. The monoisotopic (exact) mass is 1390 g/mol. The van der Waals surface area contributed by atoms with Gasteiger partial charge in [-0.05, 0) is 310 Å². The molecule has 4 N–H and O–H groups in total. The van der Waals surface area contributed by atoms with E-state index in [4.69, 9.17) is 0 Å². The number of sulfone groups is 3. The summed E-state index contributed by atoms with van der Waals surface area (Å²) in [6.45, 7) is 0. The molecule has 8 aromatic carbocycles. The van der Waals surface area contributed by atoms with E-state index in [0.717, 1.165) is 143 Å². The minimum absolute atomic E-state index is 0.0146. The van der Waals surface area contributed by atoms with Gasteiger partial charge in [-0.15, -0.1) is 0 Å². The number of hydrogen-bond donors (Lipinski definition) is 4. The van der Waals surface area contributed by atoms with Crippen LogP contribution in [0, 0.1) is 35.5 Å². The number of carbonyl (C=O) groups is 1. The lowest BCUT2D eigenvalue weighted by Crippen LogP contribution is -2.56. The number of phenols is 4. The number of aromatic hydroxyl groups is 4. The van der Waals surface area contributed by atoms with Gasteiger partial charge in [0.05, 0.1) is 14.7 Å². The number of rotatable bonds is 11. The highest BCUT2D eigenvalue weighted by molar-refractivity contribution is 7.91. The number of carbonyl (C=O) groups excluding carboxylic acids is 1. The van der Waals surface area contributed by atoms with Crippen LogP contribution in [-0.2, 0) is 87.7 Å². The summed E-state index contributed by atoms with van der Waals surface area (Å²) in [4.78, 5) is 15.9. The molecule has 0 aromatic heterocycles. The minimum Gasteiger partial charge on any atom is -0.507 e. The zero-order chi connectivity index (χ0) is 69.1. The molecule has 100 heavy (non-hydrogen) atoms. The Morgan fingerprint density at radius 1 is 0.300 bits per heavy atom. The molecule has 0 heterocycles. The highest BCUT2D eigenvalue weighted by Crippen LogP contribution is 2.70. The molecule has 21 rings (SSSR count). The summed E-state index contributed by atoms with van der Waals surface area (Å²) < 4.78 is 77.0. The van der Waals surface area contributed by atoms with E-state index in [1.54, 1.807) is 60.7 Å². The Hall–Kier alpha value is -7.52. The van der Waals surface area contributed by atoms with Crippen LogP contribution in [0.5, 0.6) is 23.0 Å². The Morgan fingerprint density at radius 2 is 0.520 bits per heavy atom. The Kier molecular flexibility index (Phi) is 14.4. The molecule has 20 bridgehead atoms. The van der Waals surface area contributed by atoms with E-state index in [9.17, 15) is 45.7 Å². The molecule has 0 amide bonds. The molecule has 6 unspecified atom stereocenters. The molecule has 12 fully saturated rings. The van der Waals surface area contributed by atoms with Crippen LogP contribution in [0.4, 0.5) is 0 Å². The van der Waals surface area contributed by atoms with Crippen molar-refractivity contribution in [2.24, 2.45) is 35.5 Å². The van der Waals surface area contributed by atoms with Gasteiger partial charge in [-0.25, -0.2) is 25.3 Å². The third kappa shape index (κ3) is 10.5. The van der Waals surface area contributed by atoms with Gasteiger partial charge in [0, 0.05) is 55.6 Å². The van der Waals surface area contributed by atoms with Crippen LogP contribution in [0.25, 0.3) is 0 Å². The van der Waals surface area contributed by atoms with Crippen LogP contribution in [-0.4, -0.2) is 70.2 Å². The number of ketones is 1. The number of benzene rings is 8. The fraction of sp³-hybridized carbons (Fsp3) is 0.430. The summed E-state index contributed by atoms with van der Waals surface area (Å²) in [6, 6.07) is 48.8. The summed E-state index contributed by atoms with van der Waals surface area (Å²) in [5.41, 5.74) is 10.9. The van der Waals surface area contributed by atoms with Crippen LogP contribution in [0.2, 0.25) is 0 Å². The molecule has 13 aliphatic rings. The maximum absolute atomic E-state index is 15.0. The Bertz CT molecular complexity index is 4860. The first-order chi connectivity index (χ1) is 47.5. The van der Waals surface area contributed by atoms with E-state index in [2.05, 4.69) is 48.5 Å². The molecule has 8 aromatic rings. The summed E-state index contributed by atoms with van der Waals surface area (Å²) in [6.07, 6.45) is 21.9. The van der Waals surface area contributed by atoms with Crippen LogP contribution in [0.1, 0.15) is 209 Å². The van der Waals surface area contributed by atoms with Crippen molar-refractivity contribution in [1.82, 2.24) is 0 Å². The van der Waals surface area contributed by atoms with E-state index in [0.29, 0.717) is 106 Å². The number of fused-ring (bicyclic) bond motifs is 8. The van der Waals surface area contributed by atoms with Crippen LogP contribution in [0.15, 0.2) is 166 Å². The van der Waals surface area contributed by atoms with E-state index < -0.39 is 29.5 Å². The second kappa shape index (κ2) is 22.2. The highest BCUT2D eigenvalue weighted by Gasteiger charge is 2.62. The van der Waals surface area contributed by atoms with Gasteiger partial charge in [0.15, 0.2) is 35.3 Å². The van der Waals surface area contributed by atoms with Crippen LogP contribution in [0.3, 0.4) is 0 Å². The first-order valence-electron chi connectivity index (χ1n) is 36.5. The van der Waals surface area contributed by atoms with Crippen molar-refractivity contribution in [3.05, 3.63) is 241 Å². The van der Waals surface area contributed by atoms with Gasteiger partial charge >= 0.3 is 0 Å². The van der Waals surface area contributed by atoms with E-state index in [-0.39, 0.29) is 87.0 Å². The Morgan fingerprint density at radius 3 is 0.750 bits per heavy atom. The molecule has 0 saturated heterocycles.